The molecule has 0 aliphatic carbocycles. The normalized spacial score (nSPS) is 11.7. The van der Waals surface area contributed by atoms with E-state index in [2.05, 4.69) is 34.1 Å². The van der Waals surface area contributed by atoms with Gasteiger partial charge in [0.15, 0.2) is 0 Å². The van der Waals surface area contributed by atoms with Crippen LogP contribution in [0.1, 0.15) is 24.4 Å². The van der Waals surface area contributed by atoms with Gasteiger partial charge in [-0.05, 0) is 45.0 Å². The van der Waals surface area contributed by atoms with E-state index in [1.54, 1.807) is 25.2 Å². The number of aliphatic hydroxyl groups is 1. The summed E-state index contributed by atoms with van der Waals surface area (Å²) in [6, 6.07) is 8.30. The Morgan fingerprint density at radius 3 is 2.16 bits per heavy atom. The Morgan fingerprint density at radius 1 is 1.16 bits per heavy atom. The van der Waals surface area contributed by atoms with Crippen molar-refractivity contribution in [3.05, 3.63) is 34.8 Å². The van der Waals surface area contributed by atoms with Crippen LogP contribution < -0.4 is 4.90 Å². The van der Waals surface area contributed by atoms with Gasteiger partial charge in [-0.1, -0.05) is 0 Å². The summed E-state index contributed by atoms with van der Waals surface area (Å²) in [6.45, 7) is 5.54. The fourth-order valence-corrected chi connectivity index (χ4v) is 3.06. The van der Waals surface area contributed by atoms with Gasteiger partial charge in [0.05, 0.1) is 16.2 Å². The quantitative estimate of drug-likeness (QED) is 0.933. The zero-order chi connectivity index (χ0) is 14.2. The topological polar surface area (TPSA) is 36.4 Å². The Morgan fingerprint density at radius 2 is 1.74 bits per heavy atom. The van der Waals surface area contributed by atoms with Crippen LogP contribution in [0.3, 0.4) is 0 Å². The van der Waals surface area contributed by atoms with Gasteiger partial charge in [0.1, 0.15) is 5.01 Å². The van der Waals surface area contributed by atoms with Gasteiger partial charge in [-0.2, -0.15) is 0 Å². The summed E-state index contributed by atoms with van der Waals surface area (Å²) in [5.74, 6) is 0. The molecule has 1 aromatic heterocycles. The molecule has 0 aliphatic heterocycles. The highest BCUT2D eigenvalue weighted by Crippen LogP contribution is 2.34. The smallest absolute Gasteiger partial charge is 0.123 e. The molecule has 0 aliphatic rings. The molecule has 0 unspecified atom stereocenters. The van der Waals surface area contributed by atoms with Gasteiger partial charge in [0, 0.05) is 25.3 Å². The molecule has 0 bridgehead atoms. The Kier molecular flexibility index (Phi) is 3.65. The molecule has 4 heteroatoms. The van der Waals surface area contributed by atoms with Gasteiger partial charge in [0.2, 0.25) is 0 Å². The molecule has 19 heavy (non-hydrogen) atoms. The highest BCUT2D eigenvalue weighted by Gasteiger charge is 2.23. The zero-order valence-corrected chi connectivity index (χ0v) is 12.9. The molecule has 0 fully saturated rings. The Hall–Kier alpha value is -1.39. The van der Waals surface area contributed by atoms with Crippen LogP contribution in [0, 0.1) is 6.92 Å². The van der Waals surface area contributed by atoms with Crippen LogP contribution in [0.2, 0.25) is 0 Å². The molecule has 0 radical (unpaired) electrons. The van der Waals surface area contributed by atoms with Crippen molar-refractivity contribution in [2.45, 2.75) is 26.4 Å². The fourth-order valence-electron chi connectivity index (χ4n) is 1.99. The van der Waals surface area contributed by atoms with Crippen molar-refractivity contribution in [3.63, 3.8) is 0 Å². The minimum atomic E-state index is -0.830. The summed E-state index contributed by atoms with van der Waals surface area (Å²) in [7, 11) is 4.05. The monoisotopic (exact) mass is 276 g/mol. The van der Waals surface area contributed by atoms with Crippen LogP contribution in [0.4, 0.5) is 5.69 Å². The third-order valence-corrected chi connectivity index (χ3v) is 4.50. The number of hydrogen-bond acceptors (Lipinski definition) is 4. The van der Waals surface area contributed by atoms with Crippen LogP contribution in [0.5, 0.6) is 0 Å². The summed E-state index contributed by atoms with van der Waals surface area (Å²) in [6.07, 6.45) is 0. The van der Waals surface area contributed by atoms with Crippen LogP contribution >= 0.6 is 11.3 Å². The Bertz CT molecular complexity index is 565. The molecule has 1 N–H and O–H groups in total. The van der Waals surface area contributed by atoms with E-state index in [0.717, 1.165) is 21.1 Å². The van der Waals surface area contributed by atoms with E-state index in [1.807, 2.05) is 21.0 Å². The zero-order valence-electron chi connectivity index (χ0n) is 12.1. The average Bonchev–Trinajstić information content (AvgIpc) is 2.71. The number of nitrogens with zero attached hydrogens (tertiary/aromatic N) is 2. The van der Waals surface area contributed by atoms with Crippen LogP contribution in [-0.4, -0.2) is 24.2 Å². The van der Waals surface area contributed by atoms with E-state index in [-0.39, 0.29) is 0 Å². The third kappa shape index (κ3) is 2.96. The van der Waals surface area contributed by atoms with Gasteiger partial charge in [0.25, 0.3) is 0 Å². The van der Waals surface area contributed by atoms with Gasteiger partial charge < -0.3 is 10.0 Å². The second-order valence-electron chi connectivity index (χ2n) is 5.43. The lowest BCUT2D eigenvalue weighted by Gasteiger charge is -2.15. The number of aryl methyl sites for hydroxylation is 1. The maximum atomic E-state index is 10.1. The number of rotatable bonds is 3. The minimum Gasteiger partial charge on any atom is -0.385 e. The van der Waals surface area contributed by atoms with Gasteiger partial charge in [-0.25, -0.2) is 4.98 Å². The van der Waals surface area contributed by atoms with E-state index in [4.69, 9.17) is 0 Å². The lowest BCUT2D eigenvalue weighted by Crippen LogP contribution is -2.14. The number of thiazole rings is 1. The summed E-state index contributed by atoms with van der Waals surface area (Å²) in [4.78, 5) is 7.57. The Balaban J connectivity index is 2.37. The molecule has 3 nitrogen and oxygen atoms in total. The molecule has 2 aromatic rings. The molecular weight excluding hydrogens is 256 g/mol. The van der Waals surface area contributed by atoms with Crippen LogP contribution in [0.25, 0.3) is 10.6 Å². The first kappa shape index (κ1) is 14.0. The van der Waals surface area contributed by atoms with Crippen molar-refractivity contribution in [2.24, 2.45) is 0 Å². The number of aromatic nitrogens is 1. The van der Waals surface area contributed by atoms with Crippen LogP contribution in [-0.2, 0) is 5.60 Å². The van der Waals surface area contributed by atoms with E-state index in [9.17, 15) is 5.11 Å². The Labute approximate surface area is 118 Å². The lowest BCUT2D eigenvalue weighted by molar-refractivity contribution is 0.0817. The summed E-state index contributed by atoms with van der Waals surface area (Å²) in [5, 5.41) is 11.1. The molecule has 1 aromatic carbocycles. The number of hydrogen-bond donors (Lipinski definition) is 1. The molecule has 0 spiro atoms. The summed E-state index contributed by atoms with van der Waals surface area (Å²) >= 11 is 1.56. The van der Waals surface area contributed by atoms with E-state index in [0.29, 0.717) is 0 Å². The SMILES string of the molecule is Cc1nc(-c2ccc(N(C)C)cc2)sc1C(C)(C)O. The second kappa shape index (κ2) is 4.94. The summed E-state index contributed by atoms with van der Waals surface area (Å²) < 4.78 is 0. The van der Waals surface area contributed by atoms with Crippen molar-refractivity contribution in [3.8, 4) is 10.6 Å². The molecular formula is C15H20N2OS. The van der Waals surface area contributed by atoms with Crippen molar-refractivity contribution in [2.75, 3.05) is 19.0 Å². The predicted molar refractivity (Wildman–Crippen MR) is 81.9 cm³/mol. The fraction of sp³-hybridized carbons (Fsp3) is 0.400. The van der Waals surface area contributed by atoms with Gasteiger partial charge in [-0.3, -0.25) is 0 Å². The predicted octanol–water partition coefficient (Wildman–Crippen LogP) is 3.41. The van der Waals surface area contributed by atoms with E-state index in [1.165, 1.54) is 5.69 Å². The third-order valence-electron chi connectivity index (χ3n) is 2.98. The van der Waals surface area contributed by atoms with Gasteiger partial charge >= 0.3 is 0 Å². The molecule has 0 amide bonds. The first-order valence-electron chi connectivity index (χ1n) is 6.27. The molecule has 1 heterocycles. The van der Waals surface area contributed by atoms with E-state index < -0.39 is 5.60 Å². The standard InChI is InChI=1S/C15H20N2OS/c1-10-13(15(2,3)18)19-14(16-10)11-6-8-12(9-7-11)17(4)5/h6-9,18H,1-5H3. The highest BCUT2D eigenvalue weighted by atomic mass is 32.1. The highest BCUT2D eigenvalue weighted by molar-refractivity contribution is 7.15. The molecule has 2 rings (SSSR count). The lowest BCUT2D eigenvalue weighted by atomic mass is 10.1. The summed E-state index contributed by atoms with van der Waals surface area (Å²) in [5.41, 5.74) is 2.34. The van der Waals surface area contributed by atoms with Crippen molar-refractivity contribution >= 4 is 17.0 Å². The largest absolute Gasteiger partial charge is 0.385 e. The van der Waals surface area contributed by atoms with Gasteiger partial charge in [-0.15, -0.1) is 11.3 Å². The second-order valence-corrected chi connectivity index (χ2v) is 6.43. The molecule has 102 valence electrons. The van der Waals surface area contributed by atoms with Crippen molar-refractivity contribution in [1.82, 2.24) is 4.98 Å². The maximum Gasteiger partial charge on any atom is 0.123 e. The molecule has 0 saturated carbocycles. The maximum absolute atomic E-state index is 10.1. The molecule has 0 atom stereocenters. The van der Waals surface area contributed by atoms with Crippen LogP contribution in [0.15, 0.2) is 24.3 Å². The average molecular weight is 276 g/mol. The first-order chi connectivity index (χ1) is 8.79. The minimum absolute atomic E-state index is 0.830. The van der Waals surface area contributed by atoms with Crippen molar-refractivity contribution in [1.29, 1.82) is 0 Å². The van der Waals surface area contributed by atoms with Crippen molar-refractivity contribution < 1.29 is 5.11 Å². The number of benzene rings is 1. The first-order valence-corrected chi connectivity index (χ1v) is 7.08. The van der Waals surface area contributed by atoms with E-state index >= 15 is 0 Å². The molecule has 0 saturated heterocycles. The number of anilines is 1.